The maximum atomic E-state index is 13.2. The number of phenols is 1. The monoisotopic (exact) mass is 443 g/mol. The average Bonchev–Trinajstić information content (AvgIpc) is 3.09. The number of aryl methyl sites for hydroxylation is 1. The molecule has 1 saturated heterocycles. The fourth-order valence-corrected chi connectivity index (χ4v) is 4.23. The topological polar surface area (TPSA) is 96.3 Å². The van der Waals surface area contributed by atoms with Crippen molar-refractivity contribution in [3.8, 4) is 17.2 Å². The molecule has 5 rings (SSSR count). The number of aromatic hydroxyl groups is 1. The highest BCUT2D eigenvalue weighted by Gasteiger charge is 2.47. The summed E-state index contributed by atoms with van der Waals surface area (Å²) in [5.41, 5.74) is 2.19. The molecule has 166 valence electrons. The number of hydrogen-bond acceptors (Lipinski definition) is 6. The number of ether oxygens (including phenoxy) is 2. The number of fused-ring (bicyclic) bond motifs is 1. The molecule has 3 aromatic carbocycles. The number of aliphatic hydroxyl groups is 1. The molecule has 0 saturated carbocycles. The summed E-state index contributed by atoms with van der Waals surface area (Å²) in [6.07, 6.45) is 0. The third-order valence-electron chi connectivity index (χ3n) is 5.73. The van der Waals surface area contributed by atoms with Crippen LogP contribution in [0.25, 0.3) is 5.76 Å². The van der Waals surface area contributed by atoms with Crippen LogP contribution in [0.4, 0.5) is 5.69 Å². The second-order valence-electron chi connectivity index (χ2n) is 7.96. The lowest BCUT2D eigenvalue weighted by atomic mass is 9.94. The quantitative estimate of drug-likeness (QED) is 0.360. The van der Waals surface area contributed by atoms with Gasteiger partial charge in [0.1, 0.15) is 24.7 Å². The molecular weight excluding hydrogens is 422 g/mol. The van der Waals surface area contributed by atoms with Gasteiger partial charge in [-0.2, -0.15) is 0 Å². The predicted octanol–water partition coefficient (Wildman–Crippen LogP) is 4.10. The van der Waals surface area contributed by atoms with Gasteiger partial charge in [-0.25, -0.2) is 0 Å². The molecule has 0 radical (unpaired) electrons. The SMILES string of the molecule is Cc1cccc(N2C(=O)C(=O)/C(=C(\O)c3ccc4c(c3)OCCO4)C2c2cccc(O)c2)c1. The van der Waals surface area contributed by atoms with E-state index in [0.717, 1.165) is 5.56 Å². The Morgan fingerprint density at radius 3 is 2.45 bits per heavy atom. The summed E-state index contributed by atoms with van der Waals surface area (Å²) < 4.78 is 11.1. The average molecular weight is 443 g/mol. The number of hydrogen-bond donors (Lipinski definition) is 2. The molecule has 0 aromatic heterocycles. The summed E-state index contributed by atoms with van der Waals surface area (Å²) in [6.45, 7) is 2.69. The van der Waals surface area contributed by atoms with Crippen LogP contribution in [-0.2, 0) is 9.59 Å². The highest BCUT2D eigenvalue weighted by atomic mass is 16.6. The van der Waals surface area contributed by atoms with Gasteiger partial charge in [0.25, 0.3) is 11.7 Å². The van der Waals surface area contributed by atoms with Crippen LogP contribution in [0.2, 0.25) is 0 Å². The number of amides is 1. The van der Waals surface area contributed by atoms with Crippen LogP contribution in [0.3, 0.4) is 0 Å². The van der Waals surface area contributed by atoms with Gasteiger partial charge < -0.3 is 19.7 Å². The highest BCUT2D eigenvalue weighted by Crippen LogP contribution is 2.43. The first-order valence-corrected chi connectivity index (χ1v) is 10.5. The third-order valence-corrected chi connectivity index (χ3v) is 5.73. The summed E-state index contributed by atoms with van der Waals surface area (Å²) in [6, 6.07) is 17.5. The zero-order valence-corrected chi connectivity index (χ0v) is 17.8. The summed E-state index contributed by atoms with van der Waals surface area (Å²) in [5, 5.41) is 21.3. The van der Waals surface area contributed by atoms with Crippen molar-refractivity contribution in [3.63, 3.8) is 0 Å². The van der Waals surface area contributed by atoms with Crippen LogP contribution in [0.5, 0.6) is 17.2 Å². The molecule has 33 heavy (non-hydrogen) atoms. The summed E-state index contributed by atoms with van der Waals surface area (Å²) >= 11 is 0. The first-order valence-electron chi connectivity index (χ1n) is 10.5. The normalized spacial score (nSPS) is 19.1. The molecule has 1 atom stereocenters. The maximum absolute atomic E-state index is 13.2. The number of carbonyl (C=O) groups is 2. The number of phenolic OH excluding ortho intramolecular Hbond substituents is 1. The van der Waals surface area contributed by atoms with Crippen molar-refractivity contribution in [2.45, 2.75) is 13.0 Å². The Kier molecular flexibility index (Phi) is 5.01. The highest BCUT2D eigenvalue weighted by molar-refractivity contribution is 6.51. The Labute approximate surface area is 190 Å². The number of aliphatic hydroxyl groups excluding tert-OH is 1. The van der Waals surface area contributed by atoms with Crippen molar-refractivity contribution in [3.05, 3.63) is 89.0 Å². The number of carbonyl (C=O) groups excluding carboxylic acids is 2. The zero-order chi connectivity index (χ0) is 23.1. The fraction of sp³-hybridized carbons (Fsp3) is 0.154. The van der Waals surface area contributed by atoms with E-state index in [4.69, 9.17) is 9.47 Å². The molecule has 0 spiro atoms. The summed E-state index contributed by atoms with van der Waals surface area (Å²) in [5.74, 6) is -0.907. The van der Waals surface area contributed by atoms with Gasteiger partial charge in [-0.05, 0) is 60.5 Å². The second kappa shape index (κ2) is 8.02. The van der Waals surface area contributed by atoms with E-state index < -0.39 is 17.7 Å². The molecule has 7 heteroatoms. The van der Waals surface area contributed by atoms with Crippen molar-refractivity contribution < 1.29 is 29.3 Å². The minimum absolute atomic E-state index is 0.0124. The predicted molar refractivity (Wildman–Crippen MR) is 122 cm³/mol. The van der Waals surface area contributed by atoms with E-state index in [9.17, 15) is 19.8 Å². The standard InChI is InChI=1S/C26H21NO6/c1-15-4-2-6-18(12-15)27-23(16-5-3-7-19(28)13-16)22(25(30)26(27)31)24(29)17-8-9-20-21(14-17)33-11-10-32-20/h2-9,12-14,23,28-29H,10-11H2,1H3/b24-22-. The van der Waals surface area contributed by atoms with Gasteiger partial charge in [-0.1, -0.05) is 24.3 Å². The number of anilines is 1. The van der Waals surface area contributed by atoms with Crippen LogP contribution in [0, 0.1) is 6.92 Å². The Morgan fingerprint density at radius 1 is 0.939 bits per heavy atom. The first kappa shape index (κ1) is 20.6. The summed E-state index contributed by atoms with van der Waals surface area (Å²) in [4.78, 5) is 27.8. The molecule has 3 aromatic rings. The van der Waals surface area contributed by atoms with E-state index in [0.29, 0.717) is 41.5 Å². The van der Waals surface area contributed by atoms with Crippen molar-refractivity contribution >= 4 is 23.1 Å². The molecule has 1 unspecified atom stereocenters. The molecule has 7 nitrogen and oxygen atoms in total. The van der Waals surface area contributed by atoms with Crippen LogP contribution in [-0.4, -0.2) is 35.1 Å². The molecule has 0 bridgehead atoms. The minimum atomic E-state index is -0.924. The minimum Gasteiger partial charge on any atom is -0.508 e. The van der Waals surface area contributed by atoms with Crippen LogP contribution < -0.4 is 14.4 Å². The Bertz CT molecular complexity index is 1310. The van der Waals surface area contributed by atoms with Gasteiger partial charge >= 0.3 is 0 Å². The Hall–Kier alpha value is -4.26. The van der Waals surface area contributed by atoms with Gasteiger partial charge in [-0.15, -0.1) is 0 Å². The molecule has 2 heterocycles. The van der Waals surface area contributed by atoms with E-state index in [1.54, 1.807) is 48.5 Å². The molecule has 0 aliphatic carbocycles. The lowest BCUT2D eigenvalue weighted by Crippen LogP contribution is -2.29. The van der Waals surface area contributed by atoms with Crippen molar-refractivity contribution in [2.24, 2.45) is 0 Å². The lowest BCUT2D eigenvalue weighted by Gasteiger charge is -2.26. The van der Waals surface area contributed by atoms with Gasteiger partial charge in [0, 0.05) is 11.3 Å². The van der Waals surface area contributed by atoms with Crippen molar-refractivity contribution in [1.29, 1.82) is 0 Å². The smallest absolute Gasteiger partial charge is 0.300 e. The number of nitrogens with zero attached hydrogens (tertiary/aromatic N) is 1. The Morgan fingerprint density at radius 2 is 1.70 bits per heavy atom. The largest absolute Gasteiger partial charge is 0.508 e. The molecule has 2 aliphatic rings. The van der Waals surface area contributed by atoms with E-state index in [-0.39, 0.29) is 17.1 Å². The molecular formula is C26H21NO6. The van der Waals surface area contributed by atoms with Gasteiger partial charge in [0.05, 0.1) is 11.6 Å². The molecule has 1 amide bonds. The van der Waals surface area contributed by atoms with Crippen LogP contribution >= 0.6 is 0 Å². The molecule has 2 N–H and O–H groups in total. The van der Waals surface area contributed by atoms with Crippen LogP contribution in [0.15, 0.2) is 72.3 Å². The van der Waals surface area contributed by atoms with Gasteiger partial charge in [0.2, 0.25) is 0 Å². The van der Waals surface area contributed by atoms with E-state index in [1.165, 1.54) is 17.0 Å². The van der Waals surface area contributed by atoms with Crippen LogP contribution in [0.1, 0.15) is 22.7 Å². The van der Waals surface area contributed by atoms with Gasteiger partial charge in [0.15, 0.2) is 11.5 Å². The second-order valence-corrected chi connectivity index (χ2v) is 7.96. The number of Topliss-reactive ketones (excluding diaryl/α,β-unsaturated/α-hetero) is 1. The molecule has 1 fully saturated rings. The fourth-order valence-electron chi connectivity index (χ4n) is 4.23. The summed E-state index contributed by atoms with van der Waals surface area (Å²) in [7, 11) is 0. The van der Waals surface area contributed by atoms with E-state index in [1.807, 2.05) is 13.0 Å². The number of ketones is 1. The lowest BCUT2D eigenvalue weighted by molar-refractivity contribution is -0.132. The maximum Gasteiger partial charge on any atom is 0.300 e. The van der Waals surface area contributed by atoms with Crippen molar-refractivity contribution in [2.75, 3.05) is 18.1 Å². The van der Waals surface area contributed by atoms with Gasteiger partial charge in [-0.3, -0.25) is 14.5 Å². The van der Waals surface area contributed by atoms with E-state index >= 15 is 0 Å². The third kappa shape index (κ3) is 3.57. The number of rotatable bonds is 3. The van der Waals surface area contributed by atoms with Crippen molar-refractivity contribution in [1.82, 2.24) is 0 Å². The first-order chi connectivity index (χ1) is 15.9. The molecule has 2 aliphatic heterocycles. The number of benzene rings is 3. The van der Waals surface area contributed by atoms with E-state index in [2.05, 4.69) is 0 Å². The zero-order valence-electron chi connectivity index (χ0n) is 17.8. The Balaban J connectivity index is 1.71.